The quantitative estimate of drug-likeness (QED) is 0.250. The lowest BCUT2D eigenvalue weighted by molar-refractivity contribution is -0.132. The molecule has 14 nitrogen and oxygen atoms in total. The Hall–Kier alpha value is -5.81. The van der Waals surface area contributed by atoms with Gasteiger partial charge in [0.25, 0.3) is 0 Å². The summed E-state index contributed by atoms with van der Waals surface area (Å²) in [6, 6.07) is 10.7. The van der Waals surface area contributed by atoms with Gasteiger partial charge in [-0.25, -0.2) is 27.8 Å². The van der Waals surface area contributed by atoms with Crippen LogP contribution in [0.3, 0.4) is 0 Å². The molecule has 2 saturated heterocycles. The van der Waals surface area contributed by atoms with Crippen molar-refractivity contribution in [2.24, 2.45) is 5.92 Å². The molecule has 1 N–H and O–H groups in total. The number of carbonyl (C=O) groups excluding carboxylic acids is 1. The Morgan fingerprint density at radius 2 is 1.81 bits per heavy atom. The first kappa shape index (κ1) is 36.8. The van der Waals surface area contributed by atoms with E-state index in [4.69, 9.17) is 24.4 Å². The van der Waals surface area contributed by atoms with Crippen molar-refractivity contribution >= 4 is 39.6 Å². The lowest BCUT2D eigenvalue weighted by Gasteiger charge is -2.31. The second-order valence-electron chi connectivity index (χ2n) is 15.3. The third kappa shape index (κ3) is 6.88. The summed E-state index contributed by atoms with van der Waals surface area (Å²) in [5, 5.41) is 8.48. The number of amides is 1. The molecule has 0 aliphatic carbocycles. The average Bonchev–Trinajstić information content (AvgIpc) is 3.98. The monoisotopic (exact) mass is 781 g/mol. The highest BCUT2D eigenvalue weighted by Gasteiger charge is 2.41. The van der Waals surface area contributed by atoms with Crippen LogP contribution in [0.1, 0.15) is 18.7 Å². The molecule has 17 heteroatoms. The molecule has 1 unspecified atom stereocenters. The Balaban J connectivity index is 1.15. The van der Waals surface area contributed by atoms with Crippen LogP contribution in [-0.4, -0.2) is 122 Å². The summed E-state index contributed by atoms with van der Waals surface area (Å²) in [5.74, 6) is -0.280. The van der Waals surface area contributed by atoms with E-state index >= 15 is 8.78 Å². The number of fused-ring (bicyclic) bond motifs is 6. The van der Waals surface area contributed by atoms with Crippen LogP contribution >= 0.6 is 0 Å². The van der Waals surface area contributed by atoms with Crippen LogP contribution < -0.4 is 15.0 Å². The summed E-state index contributed by atoms with van der Waals surface area (Å²) in [6.45, 7) is 4.93. The first-order valence-corrected chi connectivity index (χ1v) is 19.0. The van der Waals surface area contributed by atoms with Gasteiger partial charge in [-0.2, -0.15) is 15.1 Å². The number of halogens is 3. The normalized spacial score (nSPS) is 21.6. The molecular weight excluding hydrogens is 740 g/mol. The molecule has 0 radical (unpaired) electrons. The van der Waals surface area contributed by atoms with E-state index < -0.39 is 29.6 Å². The van der Waals surface area contributed by atoms with Crippen molar-refractivity contribution in [1.29, 1.82) is 0 Å². The minimum atomic E-state index is -0.815. The van der Waals surface area contributed by atoms with Crippen molar-refractivity contribution < 1.29 is 27.4 Å². The van der Waals surface area contributed by atoms with E-state index in [2.05, 4.69) is 27.3 Å². The third-order valence-corrected chi connectivity index (χ3v) is 11.3. The molecule has 4 aromatic heterocycles. The molecular formula is C40H42F3N11O3. The van der Waals surface area contributed by atoms with Crippen molar-refractivity contribution in [3.05, 3.63) is 78.0 Å². The van der Waals surface area contributed by atoms with Gasteiger partial charge in [0, 0.05) is 63.4 Å². The Kier molecular flexibility index (Phi) is 9.43. The molecule has 2 fully saturated rings. The number of methoxy groups -OCH3 is 1. The number of likely N-dealkylation sites (tertiary alicyclic amines) is 1. The number of anilines is 2. The number of nitrogens with one attached hydrogen (secondary N) is 1. The highest BCUT2D eigenvalue weighted by molar-refractivity contribution is 5.94. The maximum atomic E-state index is 15.2. The third-order valence-electron chi connectivity index (χ3n) is 11.3. The van der Waals surface area contributed by atoms with Crippen LogP contribution in [-0.2, 0) is 16.1 Å². The molecule has 6 aromatic rings. The summed E-state index contributed by atoms with van der Waals surface area (Å²) < 4.78 is 59.8. The van der Waals surface area contributed by atoms with Crippen molar-refractivity contribution in [2.75, 3.05) is 64.2 Å². The van der Waals surface area contributed by atoms with E-state index in [9.17, 15) is 9.18 Å². The van der Waals surface area contributed by atoms with Gasteiger partial charge in [0.05, 0.1) is 47.6 Å². The zero-order chi connectivity index (χ0) is 39.5. The number of pyridine rings is 1. The Morgan fingerprint density at radius 1 is 0.947 bits per heavy atom. The lowest BCUT2D eigenvalue weighted by Crippen LogP contribution is -2.47. The van der Waals surface area contributed by atoms with E-state index in [0.29, 0.717) is 65.7 Å². The number of hydrogen-bond donors (Lipinski definition) is 1. The molecule has 4 atom stereocenters. The average molecular weight is 782 g/mol. The van der Waals surface area contributed by atoms with Crippen LogP contribution in [0.4, 0.5) is 24.8 Å². The second-order valence-corrected chi connectivity index (χ2v) is 15.3. The number of aromatic nitrogens is 7. The van der Waals surface area contributed by atoms with Gasteiger partial charge in [0.1, 0.15) is 40.8 Å². The first-order valence-electron chi connectivity index (χ1n) is 19.0. The van der Waals surface area contributed by atoms with E-state index in [-0.39, 0.29) is 41.8 Å². The largest absolute Gasteiger partial charge is 0.463 e. The minimum Gasteiger partial charge on any atom is -0.463 e. The van der Waals surface area contributed by atoms with Crippen LogP contribution in [0.25, 0.3) is 39.0 Å². The fourth-order valence-electron chi connectivity index (χ4n) is 8.45. The molecule has 7 heterocycles. The number of carbonyl (C=O) groups is 1. The topological polar surface area (TPSA) is 132 Å². The molecule has 0 spiro atoms. The Bertz CT molecular complexity index is 2510. The highest BCUT2D eigenvalue weighted by Crippen LogP contribution is 2.36. The fraction of sp³-hybridized carbons (Fsp3) is 0.400. The van der Waals surface area contributed by atoms with Gasteiger partial charge in [0.2, 0.25) is 5.91 Å². The first-order chi connectivity index (χ1) is 27.5. The van der Waals surface area contributed by atoms with Crippen molar-refractivity contribution in [3.8, 4) is 23.0 Å². The smallest absolute Gasteiger partial charge is 0.320 e. The number of likely N-dealkylation sites (N-methyl/N-ethyl adjacent to an activating group) is 1. The SMILES string of the molecule is CO[C@H]1CN(C)C(=O)[C@@H]2C[C@@H](CN2c2nc(OCC3CCN(C)C3)nc3c2cnn3-c2ccc(F)cc2F)Nc2cccc(n2)-c2cc(F)cc3nc(C)n(c23)C1. The number of ether oxygens (including phenoxy) is 2. The van der Waals surface area contributed by atoms with Crippen LogP contribution in [0.15, 0.2) is 54.7 Å². The summed E-state index contributed by atoms with van der Waals surface area (Å²) in [5.41, 5.74) is 2.61. The second kappa shape index (κ2) is 14.6. The van der Waals surface area contributed by atoms with Gasteiger partial charge >= 0.3 is 6.01 Å². The van der Waals surface area contributed by atoms with Crippen molar-refractivity contribution in [3.63, 3.8) is 0 Å². The predicted octanol–water partition coefficient (Wildman–Crippen LogP) is 4.83. The van der Waals surface area contributed by atoms with Gasteiger partial charge < -0.3 is 34.1 Å². The van der Waals surface area contributed by atoms with Crippen LogP contribution in [0.5, 0.6) is 6.01 Å². The molecule has 57 heavy (non-hydrogen) atoms. The standard InChI is InChI=1S/C40H42F3N11O3/c1-22-45-32-14-25(42)12-28-31-6-5-7-35(47-31)46-26-15-34(39(55)51(3)19-27(56-4)20-52(22)36(28)32)53(18-26)37-29-16-44-54(33-9-8-24(41)13-30(33)43)38(29)49-40(48-37)57-21-23-10-11-50(2)17-23/h5-9,12-14,16,23,26-27,34H,10-11,15,17-21H2,1-4H3,(H,46,47)/t23?,26-,27-,34-/m0/s1. The summed E-state index contributed by atoms with van der Waals surface area (Å²) in [6.07, 6.45) is 2.40. The Labute approximate surface area is 326 Å². The number of rotatable bonds is 6. The minimum absolute atomic E-state index is 0.00222. The molecule has 1 amide bonds. The summed E-state index contributed by atoms with van der Waals surface area (Å²) in [4.78, 5) is 39.7. The number of hydrogen-bond acceptors (Lipinski definition) is 11. The van der Waals surface area contributed by atoms with Crippen LogP contribution in [0, 0.1) is 30.3 Å². The Morgan fingerprint density at radius 3 is 2.60 bits per heavy atom. The fourth-order valence-corrected chi connectivity index (χ4v) is 8.45. The number of imidazole rings is 1. The number of nitrogens with zero attached hydrogens (tertiary/aromatic N) is 10. The molecule has 0 saturated carbocycles. The summed E-state index contributed by atoms with van der Waals surface area (Å²) in [7, 11) is 5.41. The van der Waals surface area contributed by atoms with Gasteiger partial charge in [0.15, 0.2) is 11.5 Å². The van der Waals surface area contributed by atoms with Gasteiger partial charge in [-0.3, -0.25) is 4.79 Å². The van der Waals surface area contributed by atoms with Crippen molar-refractivity contribution in [2.45, 2.75) is 44.5 Å². The maximum absolute atomic E-state index is 15.2. The van der Waals surface area contributed by atoms with Gasteiger partial charge in [-0.05, 0) is 63.7 Å². The maximum Gasteiger partial charge on any atom is 0.320 e. The molecule has 2 aromatic carbocycles. The highest BCUT2D eigenvalue weighted by atomic mass is 19.1. The van der Waals surface area contributed by atoms with Gasteiger partial charge in [-0.15, -0.1) is 0 Å². The van der Waals surface area contributed by atoms with E-state index in [1.54, 1.807) is 19.1 Å². The number of aryl methyl sites for hydroxylation is 1. The van der Waals surface area contributed by atoms with E-state index in [0.717, 1.165) is 37.2 Å². The molecule has 4 bridgehead atoms. The predicted molar refractivity (Wildman–Crippen MR) is 207 cm³/mol. The molecule has 3 aliphatic rings. The molecule has 9 rings (SSSR count). The molecule has 296 valence electrons. The van der Waals surface area contributed by atoms with E-state index in [1.165, 1.54) is 29.1 Å². The van der Waals surface area contributed by atoms with E-state index in [1.807, 2.05) is 34.6 Å². The van der Waals surface area contributed by atoms with Gasteiger partial charge in [-0.1, -0.05) is 6.07 Å². The summed E-state index contributed by atoms with van der Waals surface area (Å²) >= 11 is 0. The van der Waals surface area contributed by atoms with Crippen molar-refractivity contribution in [1.82, 2.24) is 44.1 Å². The van der Waals surface area contributed by atoms with Crippen LogP contribution in [0.2, 0.25) is 0 Å². The zero-order valence-electron chi connectivity index (χ0n) is 32.0. The lowest BCUT2D eigenvalue weighted by atomic mass is 10.1. The number of benzene rings is 2. The zero-order valence-corrected chi connectivity index (χ0v) is 32.0. The molecule has 3 aliphatic heterocycles.